The van der Waals surface area contributed by atoms with Crippen molar-refractivity contribution in [1.29, 1.82) is 0 Å². The minimum atomic E-state index is 0.181. The fourth-order valence-corrected chi connectivity index (χ4v) is 3.05. The van der Waals surface area contributed by atoms with E-state index in [1.807, 2.05) is 30.3 Å². The molecule has 0 radical (unpaired) electrons. The van der Waals surface area contributed by atoms with Crippen LogP contribution in [0.5, 0.6) is 0 Å². The lowest BCUT2D eigenvalue weighted by molar-refractivity contribution is 0.0904. The summed E-state index contributed by atoms with van der Waals surface area (Å²) in [5, 5.41) is 2.11. The number of hydrogen-bond acceptors (Lipinski definition) is 2. The zero-order chi connectivity index (χ0) is 13.1. The molecule has 1 fully saturated rings. The first-order chi connectivity index (χ1) is 9.36. The first-order valence-corrected chi connectivity index (χ1v) is 7.24. The molecule has 98 valence electrons. The Hall–Kier alpha value is -1.70. The zero-order valence-electron chi connectivity index (χ0n) is 11.1. The van der Waals surface area contributed by atoms with Crippen molar-refractivity contribution >= 4 is 16.6 Å². The van der Waals surface area contributed by atoms with Crippen LogP contribution in [0.2, 0.25) is 0 Å². The van der Waals surface area contributed by atoms with Crippen molar-refractivity contribution in [2.45, 2.75) is 38.5 Å². The Morgan fingerprint density at radius 1 is 1.00 bits per heavy atom. The molecule has 2 aromatic rings. The molecule has 1 aliphatic carbocycles. The van der Waals surface area contributed by atoms with E-state index in [4.69, 9.17) is 0 Å². The number of ketones is 1. The average Bonchev–Trinajstić information content (AvgIpc) is 2.75. The van der Waals surface area contributed by atoms with Crippen LogP contribution < -0.4 is 0 Å². The third-order valence-corrected chi connectivity index (χ3v) is 4.13. The van der Waals surface area contributed by atoms with Crippen LogP contribution in [0, 0.1) is 5.92 Å². The Balaban J connectivity index is 1.96. The van der Waals surface area contributed by atoms with Crippen molar-refractivity contribution in [3.8, 4) is 0 Å². The number of nitrogens with zero attached hydrogens (tertiary/aromatic N) is 1. The number of carbonyl (C=O) groups excluding carboxylic acids is 1. The van der Waals surface area contributed by atoms with Crippen LogP contribution in [0.15, 0.2) is 36.5 Å². The van der Waals surface area contributed by atoms with E-state index in [9.17, 15) is 4.79 Å². The molecule has 0 aliphatic heterocycles. The summed E-state index contributed by atoms with van der Waals surface area (Å²) < 4.78 is 0. The van der Waals surface area contributed by atoms with E-state index >= 15 is 0 Å². The minimum Gasteiger partial charge on any atom is -0.292 e. The second kappa shape index (κ2) is 5.52. The van der Waals surface area contributed by atoms with Crippen LogP contribution in [0.4, 0.5) is 0 Å². The summed E-state index contributed by atoms with van der Waals surface area (Å²) in [6, 6.07) is 10.0. The lowest BCUT2D eigenvalue weighted by Crippen LogP contribution is -2.15. The first-order valence-electron chi connectivity index (χ1n) is 7.24. The van der Waals surface area contributed by atoms with Gasteiger partial charge in [0.15, 0.2) is 5.78 Å². The lowest BCUT2D eigenvalue weighted by Gasteiger charge is -2.13. The molecule has 1 aliphatic rings. The van der Waals surface area contributed by atoms with Crippen LogP contribution in [-0.2, 0) is 0 Å². The van der Waals surface area contributed by atoms with Gasteiger partial charge in [0.2, 0.25) is 0 Å². The monoisotopic (exact) mass is 253 g/mol. The lowest BCUT2D eigenvalue weighted by atomic mass is 9.91. The van der Waals surface area contributed by atoms with E-state index in [1.54, 1.807) is 6.20 Å². The highest BCUT2D eigenvalue weighted by Gasteiger charge is 2.23. The van der Waals surface area contributed by atoms with Crippen molar-refractivity contribution in [3.05, 3.63) is 42.2 Å². The van der Waals surface area contributed by atoms with E-state index in [1.165, 1.54) is 25.7 Å². The highest BCUT2D eigenvalue weighted by Crippen LogP contribution is 2.27. The number of hydrogen-bond donors (Lipinski definition) is 0. The largest absolute Gasteiger partial charge is 0.292 e. The SMILES string of the molecule is O=C(c1nccc2ccccc12)C1CCCCCC1. The van der Waals surface area contributed by atoms with Gasteiger partial charge in [-0.2, -0.15) is 0 Å². The number of rotatable bonds is 2. The van der Waals surface area contributed by atoms with Gasteiger partial charge in [0, 0.05) is 17.5 Å². The molecular formula is C17H19NO. The summed E-state index contributed by atoms with van der Waals surface area (Å²) in [6.45, 7) is 0. The fraction of sp³-hybridized carbons (Fsp3) is 0.412. The van der Waals surface area contributed by atoms with E-state index in [0.717, 1.165) is 23.6 Å². The molecule has 0 spiro atoms. The Labute approximate surface area is 113 Å². The van der Waals surface area contributed by atoms with E-state index < -0.39 is 0 Å². The van der Waals surface area contributed by atoms with Gasteiger partial charge in [0.05, 0.1) is 0 Å². The van der Waals surface area contributed by atoms with Crippen molar-refractivity contribution in [3.63, 3.8) is 0 Å². The van der Waals surface area contributed by atoms with Crippen LogP contribution in [0.1, 0.15) is 49.0 Å². The summed E-state index contributed by atoms with van der Waals surface area (Å²) in [5.41, 5.74) is 0.671. The highest BCUT2D eigenvalue weighted by molar-refractivity contribution is 6.07. The molecule has 3 rings (SSSR count). The Morgan fingerprint density at radius 3 is 2.53 bits per heavy atom. The third-order valence-electron chi connectivity index (χ3n) is 4.13. The predicted molar refractivity (Wildman–Crippen MR) is 77.3 cm³/mol. The molecule has 19 heavy (non-hydrogen) atoms. The van der Waals surface area contributed by atoms with Crippen molar-refractivity contribution in [1.82, 2.24) is 4.98 Å². The van der Waals surface area contributed by atoms with Crippen molar-refractivity contribution in [2.24, 2.45) is 5.92 Å². The molecule has 0 atom stereocenters. The maximum absolute atomic E-state index is 12.7. The Kier molecular flexibility index (Phi) is 3.58. The first kappa shape index (κ1) is 12.3. The van der Waals surface area contributed by atoms with Gasteiger partial charge in [-0.15, -0.1) is 0 Å². The number of pyridine rings is 1. The molecular weight excluding hydrogens is 234 g/mol. The van der Waals surface area contributed by atoms with Crippen LogP contribution in [-0.4, -0.2) is 10.8 Å². The number of Topliss-reactive ketones (excluding diaryl/α,β-unsaturated/α-hetero) is 1. The topological polar surface area (TPSA) is 30.0 Å². The third kappa shape index (κ3) is 2.53. The second-order valence-corrected chi connectivity index (χ2v) is 5.43. The average molecular weight is 253 g/mol. The molecule has 2 heteroatoms. The van der Waals surface area contributed by atoms with Gasteiger partial charge in [-0.3, -0.25) is 9.78 Å². The van der Waals surface area contributed by atoms with Gasteiger partial charge in [-0.1, -0.05) is 49.9 Å². The number of fused-ring (bicyclic) bond motifs is 1. The van der Waals surface area contributed by atoms with Crippen molar-refractivity contribution in [2.75, 3.05) is 0 Å². The molecule has 1 saturated carbocycles. The Bertz CT molecular complexity index is 577. The summed E-state index contributed by atoms with van der Waals surface area (Å²) >= 11 is 0. The normalized spacial score (nSPS) is 17.3. The molecule has 0 amide bonds. The predicted octanol–water partition coefficient (Wildman–Crippen LogP) is 4.39. The molecule has 0 unspecified atom stereocenters. The Morgan fingerprint density at radius 2 is 1.74 bits per heavy atom. The zero-order valence-corrected chi connectivity index (χ0v) is 11.1. The van der Waals surface area contributed by atoms with E-state index in [-0.39, 0.29) is 11.7 Å². The standard InChI is InChI=1S/C17H19NO/c19-17(14-8-3-1-2-4-9-14)16-15-10-6-5-7-13(15)11-12-18-16/h5-7,10-12,14H,1-4,8-9H2. The van der Waals surface area contributed by atoms with Gasteiger partial charge in [-0.05, 0) is 24.3 Å². The summed E-state index contributed by atoms with van der Waals surface area (Å²) in [7, 11) is 0. The maximum Gasteiger partial charge on any atom is 0.184 e. The van der Waals surface area contributed by atoms with Crippen LogP contribution in [0.3, 0.4) is 0 Å². The maximum atomic E-state index is 12.7. The van der Waals surface area contributed by atoms with Gasteiger partial charge in [0.1, 0.15) is 5.69 Å². The van der Waals surface area contributed by atoms with E-state index in [0.29, 0.717) is 5.69 Å². The fourth-order valence-electron chi connectivity index (χ4n) is 3.05. The van der Waals surface area contributed by atoms with Gasteiger partial charge >= 0.3 is 0 Å². The molecule has 0 bridgehead atoms. The summed E-state index contributed by atoms with van der Waals surface area (Å²) in [4.78, 5) is 17.1. The highest BCUT2D eigenvalue weighted by atomic mass is 16.1. The quantitative estimate of drug-likeness (QED) is 0.587. The van der Waals surface area contributed by atoms with Crippen molar-refractivity contribution < 1.29 is 4.79 Å². The molecule has 1 aromatic carbocycles. The molecule has 2 nitrogen and oxygen atoms in total. The molecule has 1 heterocycles. The number of carbonyl (C=O) groups is 1. The van der Waals surface area contributed by atoms with E-state index in [2.05, 4.69) is 4.98 Å². The molecule has 0 N–H and O–H groups in total. The summed E-state index contributed by atoms with van der Waals surface area (Å²) in [5.74, 6) is 0.430. The molecule has 0 saturated heterocycles. The summed E-state index contributed by atoms with van der Waals surface area (Å²) in [6.07, 6.45) is 8.72. The number of benzene rings is 1. The second-order valence-electron chi connectivity index (χ2n) is 5.43. The van der Waals surface area contributed by atoms with Gasteiger partial charge in [0.25, 0.3) is 0 Å². The van der Waals surface area contributed by atoms with Crippen LogP contribution >= 0.6 is 0 Å². The van der Waals surface area contributed by atoms with Crippen LogP contribution in [0.25, 0.3) is 10.8 Å². The van der Waals surface area contributed by atoms with Gasteiger partial charge < -0.3 is 0 Å². The smallest absolute Gasteiger partial charge is 0.184 e. The number of aromatic nitrogens is 1. The minimum absolute atomic E-state index is 0.181. The van der Waals surface area contributed by atoms with Gasteiger partial charge in [-0.25, -0.2) is 0 Å². The molecule has 1 aromatic heterocycles.